The van der Waals surface area contributed by atoms with Gasteiger partial charge < -0.3 is 15.1 Å². The highest BCUT2D eigenvalue weighted by Gasteiger charge is 2.10. The van der Waals surface area contributed by atoms with Crippen molar-refractivity contribution in [3.8, 4) is 0 Å². The molecule has 0 unspecified atom stereocenters. The second kappa shape index (κ2) is 6.98. The monoisotopic (exact) mass is 252 g/mol. The highest BCUT2D eigenvalue weighted by Crippen LogP contribution is 2.14. The van der Waals surface area contributed by atoms with Gasteiger partial charge in [0.25, 0.3) is 0 Å². The Bertz CT molecular complexity index is 366. The van der Waals surface area contributed by atoms with Crippen molar-refractivity contribution >= 4 is 17.8 Å². The molecule has 0 fully saturated rings. The Morgan fingerprint density at radius 1 is 1.00 bits per heavy atom. The summed E-state index contributed by atoms with van der Waals surface area (Å²) in [5, 5.41) is 3.14. The molecular formula is C12H24N6. The Morgan fingerprint density at radius 3 is 2.22 bits per heavy atom. The standard InChI is InChI=1S/C12H24N6/c1-6-8-9-18(5)12-15-10(13-7-2)14-11(16-12)17(3)4/h6-9H2,1-5H3,(H,13,14,15,16). The first-order valence-corrected chi connectivity index (χ1v) is 6.46. The first-order valence-electron chi connectivity index (χ1n) is 6.46. The van der Waals surface area contributed by atoms with Gasteiger partial charge >= 0.3 is 0 Å². The van der Waals surface area contributed by atoms with E-state index in [0.29, 0.717) is 11.9 Å². The fraction of sp³-hybridized carbons (Fsp3) is 0.750. The Hall–Kier alpha value is -1.59. The van der Waals surface area contributed by atoms with Crippen molar-refractivity contribution in [3.05, 3.63) is 0 Å². The lowest BCUT2D eigenvalue weighted by molar-refractivity contribution is 0.745. The largest absolute Gasteiger partial charge is 0.354 e. The second-order valence-corrected chi connectivity index (χ2v) is 4.46. The number of nitrogens with zero attached hydrogens (tertiary/aromatic N) is 5. The van der Waals surface area contributed by atoms with Gasteiger partial charge in [0, 0.05) is 34.2 Å². The lowest BCUT2D eigenvalue weighted by Gasteiger charge is -2.19. The van der Waals surface area contributed by atoms with Gasteiger partial charge in [-0.15, -0.1) is 0 Å². The zero-order valence-electron chi connectivity index (χ0n) is 12.1. The van der Waals surface area contributed by atoms with Gasteiger partial charge in [0.05, 0.1) is 0 Å². The third-order valence-electron chi connectivity index (χ3n) is 2.54. The van der Waals surface area contributed by atoms with Crippen LogP contribution in [0.5, 0.6) is 0 Å². The molecule has 0 bridgehead atoms. The van der Waals surface area contributed by atoms with Crippen molar-refractivity contribution in [2.24, 2.45) is 0 Å². The topological polar surface area (TPSA) is 57.2 Å². The molecule has 0 aromatic carbocycles. The predicted octanol–water partition coefficient (Wildman–Crippen LogP) is 1.61. The van der Waals surface area contributed by atoms with Crippen molar-refractivity contribution < 1.29 is 0 Å². The van der Waals surface area contributed by atoms with Crippen LogP contribution in [0.4, 0.5) is 17.8 Å². The molecule has 0 spiro atoms. The van der Waals surface area contributed by atoms with Gasteiger partial charge in [0.2, 0.25) is 17.8 Å². The van der Waals surface area contributed by atoms with E-state index in [4.69, 9.17) is 0 Å². The molecular weight excluding hydrogens is 228 g/mol. The molecule has 6 nitrogen and oxygen atoms in total. The van der Waals surface area contributed by atoms with E-state index in [-0.39, 0.29) is 0 Å². The van der Waals surface area contributed by atoms with Crippen LogP contribution in [0.1, 0.15) is 26.7 Å². The molecule has 102 valence electrons. The fourth-order valence-electron chi connectivity index (χ4n) is 1.46. The molecule has 6 heteroatoms. The zero-order valence-corrected chi connectivity index (χ0v) is 12.1. The van der Waals surface area contributed by atoms with Crippen LogP contribution in [0, 0.1) is 0 Å². The van der Waals surface area contributed by atoms with Gasteiger partial charge in [-0.3, -0.25) is 0 Å². The van der Waals surface area contributed by atoms with E-state index in [1.165, 1.54) is 0 Å². The van der Waals surface area contributed by atoms with E-state index in [2.05, 4.69) is 32.1 Å². The molecule has 18 heavy (non-hydrogen) atoms. The first kappa shape index (κ1) is 14.5. The lowest BCUT2D eigenvalue weighted by Crippen LogP contribution is -2.24. The van der Waals surface area contributed by atoms with Gasteiger partial charge in [-0.05, 0) is 13.3 Å². The van der Waals surface area contributed by atoms with E-state index >= 15 is 0 Å². The summed E-state index contributed by atoms with van der Waals surface area (Å²) in [4.78, 5) is 17.2. The summed E-state index contributed by atoms with van der Waals surface area (Å²) in [6.45, 7) is 5.96. The highest BCUT2D eigenvalue weighted by molar-refractivity contribution is 5.43. The molecule has 1 heterocycles. The van der Waals surface area contributed by atoms with Crippen LogP contribution >= 0.6 is 0 Å². The summed E-state index contributed by atoms with van der Waals surface area (Å²) in [7, 11) is 5.88. The molecule has 1 N–H and O–H groups in total. The normalized spacial score (nSPS) is 10.3. The van der Waals surface area contributed by atoms with Crippen molar-refractivity contribution in [1.82, 2.24) is 15.0 Å². The first-order chi connectivity index (χ1) is 8.58. The Kier molecular flexibility index (Phi) is 5.61. The number of nitrogens with one attached hydrogen (secondary N) is 1. The molecule has 1 aromatic rings. The molecule has 0 amide bonds. The average molecular weight is 252 g/mol. The molecule has 0 radical (unpaired) electrons. The Morgan fingerprint density at radius 2 is 1.67 bits per heavy atom. The highest BCUT2D eigenvalue weighted by atomic mass is 15.3. The summed E-state index contributed by atoms with van der Waals surface area (Å²) in [5.41, 5.74) is 0. The van der Waals surface area contributed by atoms with Crippen LogP contribution in [0.2, 0.25) is 0 Å². The third kappa shape index (κ3) is 4.01. The van der Waals surface area contributed by atoms with E-state index in [1.807, 2.05) is 33.0 Å². The molecule has 1 rings (SSSR count). The smallest absolute Gasteiger partial charge is 0.231 e. The summed E-state index contributed by atoms with van der Waals surface area (Å²) in [5.74, 6) is 2.03. The quantitative estimate of drug-likeness (QED) is 0.795. The molecule has 0 aliphatic heterocycles. The Balaban J connectivity index is 2.94. The Labute approximate surface area is 109 Å². The lowest BCUT2D eigenvalue weighted by atomic mass is 10.3. The van der Waals surface area contributed by atoms with Crippen molar-refractivity contribution in [2.75, 3.05) is 49.3 Å². The number of aromatic nitrogens is 3. The average Bonchev–Trinajstić information content (AvgIpc) is 2.35. The van der Waals surface area contributed by atoms with E-state index in [0.717, 1.165) is 31.9 Å². The van der Waals surface area contributed by atoms with Gasteiger partial charge in [-0.25, -0.2) is 0 Å². The molecule has 0 saturated heterocycles. The van der Waals surface area contributed by atoms with E-state index in [1.54, 1.807) is 0 Å². The molecule has 1 aromatic heterocycles. The molecule has 0 aliphatic rings. The molecule has 0 atom stereocenters. The van der Waals surface area contributed by atoms with E-state index < -0.39 is 0 Å². The predicted molar refractivity (Wildman–Crippen MR) is 76.5 cm³/mol. The molecule has 0 saturated carbocycles. The van der Waals surface area contributed by atoms with Gasteiger partial charge in [-0.1, -0.05) is 13.3 Å². The van der Waals surface area contributed by atoms with Crippen molar-refractivity contribution in [2.45, 2.75) is 26.7 Å². The SMILES string of the molecule is CCCCN(C)c1nc(NCC)nc(N(C)C)n1. The van der Waals surface area contributed by atoms with Crippen molar-refractivity contribution in [1.29, 1.82) is 0 Å². The minimum atomic E-state index is 0.634. The minimum absolute atomic E-state index is 0.634. The van der Waals surface area contributed by atoms with Crippen LogP contribution in [-0.2, 0) is 0 Å². The maximum absolute atomic E-state index is 4.46. The number of hydrogen-bond donors (Lipinski definition) is 1. The summed E-state index contributed by atoms with van der Waals surface area (Å²) < 4.78 is 0. The summed E-state index contributed by atoms with van der Waals surface area (Å²) in [6.07, 6.45) is 2.30. The van der Waals surface area contributed by atoms with Crippen LogP contribution in [0.25, 0.3) is 0 Å². The zero-order chi connectivity index (χ0) is 13.5. The second-order valence-electron chi connectivity index (χ2n) is 4.46. The van der Waals surface area contributed by atoms with E-state index in [9.17, 15) is 0 Å². The maximum atomic E-state index is 4.46. The van der Waals surface area contributed by atoms with Crippen LogP contribution in [0.15, 0.2) is 0 Å². The maximum Gasteiger partial charge on any atom is 0.231 e. The third-order valence-corrected chi connectivity index (χ3v) is 2.54. The summed E-state index contributed by atoms with van der Waals surface area (Å²) in [6, 6.07) is 0. The molecule has 0 aliphatic carbocycles. The van der Waals surface area contributed by atoms with Crippen molar-refractivity contribution in [3.63, 3.8) is 0 Å². The minimum Gasteiger partial charge on any atom is -0.354 e. The summed E-state index contributed by atoms with van der Waals surface area (Å²) >= 11 is 0. The number of unbranched alkanes of at least 4 members (excludes halogenated alkanes) is 1. The van der Waals surface area contributed by atoms with Crippen LogP contribution in [0.3, 0.4) is 0 Å². The number of hydrogen-bond acceptors (Lipinski definition) is 6. The fourth-order valence-corrected chi connectivity index (χ4v) is 1.46. The number of rotatable bonds is 7. The van der Waals surface area contributed by atoms with Crippen LogP contribution < -0.4 is 15.1 Å². The van der Waals surface area contributed by atoms with Gasteiger partial charge in [-0.2, -0.15) is 15.0 Å². The van der Waals surface area contributed by atoms with Crippen LogP contribution in [-0.4, -0.2) is 49.2 Å². The van der Waals surface area contributed by atoms with Gasteiger partial charge in [0.15, 0.2) is 0 Å². The number of anilines is 3. The van der Waals surface area contributed by atoms with Gasteiger partial charge in [0.1, 0.15) is 0 Å².